The van der Waals surface area contributed by atoms with Crippen LogP contribution >= 0.6 is 15.9 Å². The smallest absolute Gasteiger partial charge is 0.119 e. The molecule has 0 aromatic heterocycles. The lowest BCUT2D eigenvalue weighted by atomic mass is 10.1. The van der Waals surface area contributed by atoms with Crippen LogP contribution in [0.1, 0.15) is 16.7 Å². The number of ether oxygens (including phenoxy) is 1. The molecule has 0 bridgehead atoms. The van der Waals surface area contributed by atoms with Gasteiger partial charge in [0.15, 0.2) is 0 Å². The first-order valence-electron chi connectivity index (χ1n) is 6.23. The van der Waals surface area contributed by atoms with Gasteiger partial charge in [0, 0.05) is 16.7 Å². The summed E-state index contributed by atoms with van der Waals surface area (Å²) >= 11 is 3.52. The second-order valence-corrected chi connectivity index (χ2v) is 5.54. The molecule has 3 heteroatoms. The van der Waals surface area contributed by atoms with Gasteiger partial charge in [0.2, 0.25) is 0 Å². The van der Waals surface area contributed by atoms with Gasteiger partial charge in [-0.25, -0.2) is 0 Å². The molecule has 2 rings (SSSR count). The topological polar surface area (TPSA) is 21.3 Å². The van der Waals surface area contributed by atoms with E-state index in [0.717, 1.165) is 16.8 Å². The van der Waals surface area contributed by atoms with Crippen LogP contribution < -0.4 is 10.1 Å². The van der Waals surface area contributed by atoms with E-state index in [1.54, 1.807) is 7.11 Å². The van der Waals surface area contributed by atoms with Crippen LogP contribution in [0.3, 0.4) is 0 Å². The van der Waals surface area contributed by atoms with Gasteiger partial charge in [-0.2, -0.15) is 0 Å². The zero-order valence-electron chi connectivity index (χ0n) is 11.5. The second-order valence-electron chi connectivity index (χ2n) is 4.62. The summed E-state index contributed by atoms with van der Waals surface area (Å²) in [6, 6.07) is 12.4. The number of anilines is 1. The molecule has 0 aliphatic carbocycles. The van der Waals surface area contributed by atoms with Crippen LogP contribution in [0.15, 0.2) is 40.9 Å². The number of hydrogen-bond donors (Lipinski definition) is 1. The summed E-state index contributed by atoms with van der Waals surface area (Å²) in [5, 5.41) is 3.50. The SMILES string of the molecule is COc1cccc(CNc2c(C)cc(Br)cc2C)c1. The highest BCUT2D eigenvalue weighted by atomic mass is 79.9. The van der Waals surface area contributed by atoms with E-state index in [9.17, 15) is 0 Å². The van der Waals surface area contributed by atoms with Gasteiger partial charge in [0.05, 0.1) is 7.11 Å². The molecule has 0 fully saturated rings. The van der Waals surface area contributed by atoms with Crippen LogP contribution in [0, 0.1) is 13.8 Å². The maximum absolute atomic E-state index is 5.24. The van der Waals surface area contributed by atoms with Crippen LogP contribution in [0.25, 0.3) is 0 Å². The molecule has 0 spiro atoms. The number of hydrogen-bond acceptors (Lipinski definition) is 2. The van der Waals surface area contributed by atoms with Crippen LogP contribution in [0.2, 0.25) is 0 Å². The van der Waals surface area contributed by atoms with E-state index < -0.39 is 0 Å². The summed E-state index contributed by atoms with van der Waals surface area (Å²) < 4.78 is 6.36. The molecular weight excluding hydrogens is 302 g/mol. The predicted molar refractivity (Wildman–Crippen MR) is 83.9 cm³/mol. The number of methoxy groups -OCH3 is 1. The summed E-state index contributed by atoms with van der Waals surface area (Å²) in [6.45, 7) is 5.03. The summed E-state index contributed by atoms with van der Waals surface area (Å²) in [6.07, 6.45) is 0. The average Bonchev–Trinajstić information content (AvgIpc) is 2.37. The molecule has 0 atom stereocenters. The van der Waals surface area contributed by atoms with Crippen molar-refractivity contribution in [3.05, 3.63) is 57.6 Å². The van der Waals surface area contributed by atoms with Crippen molar-refractivity contribution >= 4 is 21.6 Å². The van der Waals surface area contributed by atoms with E-state index in [-0.39, 0.29) is 0 Å². The lowest BCUT2D eigenvalue weighted by Crippen LogP contribution is -2.03. The first kappa shape index (κ1) is 13.9. The first-order valence-corrected chi connectivity index (χ1v) is 7.03. The molecule has 0 unspecified atom stereocenters. The van der Waals surface area contributed by atoms with Crippen molar-refractivity contribution in [1.29, 1.82) is 0 Å². The average molecular weight is 320 g/mol. The Bertz CT molecular complexity index is 558. The number of nitrogens with one attached hydrogen (secondary N) is 1. The molecule has 0 saturated carbocycles. The molecule has 0 aliphatic heterocycles. The first-order chi connectivity index (χ1) is 9.10. The molecule has 2 aromatic rings. The van der Waals surface area contributed by atoms with Gasteiger partial charge in [-0.1, -0.05) is 28.1 Å². The standard InChI is InChI=1S/C16H18BrNO/c1-11-7-14(17)8-12(2)16(11)18-10-13-5-4-6-15(9-13)19-3/h4-9,18H,10H2,1-3H3. The lowest BCUT2D eigenvalue weighted by molar-refractivity contribution is 0.414. The zero-order valence-corrected chi connectivity index (χ0v) is 13.0. The van der Waals surface area contributed by atoms with Crippen LogP contribution in [-0.2, 0) is 6.54 Å². The second kappa shape index (κ2) is 6.11. The monoisotopic (exact) mass is 319 g/mol. The third-order valence-corrected chi connectivity index (χ3v) is 3.56. The van der Waals surface area contributed by atoms with Crippen molar-refractivity contribution in [3.63, 3.8) is 0 Å². The fourth-order valence-corrected chi connectivity index (χ4v) is 2.85. The Hall–Kier alpha value is -1.48. The number of rotatable bonds is 4. The Morgan fingerprint density at radius 2 is 1.79 bits per heavy atom. The minimum atomic E-state index is 0.792. The van der Waals surface area contributed by atoms with E-state index >= 15 is 0 Å². The Morgan fingerprint density at radius 3 is 2.42 bits per heavy atom. The predicted octanol–water partition coefficient (Wildman–Crippen LogP) is 4.69. The minimum absolute atomic E-state index is 0.792. The third-order valence-electron chi connectivity index (χ3n) is 3.10. The summed E-state index contributed by atoms with van der Waals surface area (Å²) in [5.74, 6) is 0.892. The van der Waals surface area contributed by atoms with Gasteiger partial charge in [-0.05, 0) is 54.8 Å². The Labute approximate surface area is 122 Å². The number of benzene rings is 2. The van der Waals surface area contributed by atoms with Gasteiger partial charge in [-0.3, -0.25) is 0 Å². The van der Waals surface area contributed by atoms with Crippen molar-refractivity contribution in [2.45, 2.75) is 20.4 Å². The van der Waals surface area contributed by atoms with Gasteiger partial charge < -0.3 is 10.1 Å². The number of aryl methyl sites for hydroxylation is 2. The van der Waals surface area contributed by atoms with Crippen LogP contribution in [-0.4, -0.2) is 7.11 Å². The molecule has 0 amide bonds. The van der Waals surface area contributed by atoms with E-state index in [0.29, 0.717) is 0 Å². The summed E-state index contributed by atoms with van der Waals surface area (Å²) in [4.78, 5) is 0. The highest BCUT2D eigenvalue weighted by Gasteiger charge is 2.04. The minimum Gasteiger partial charge on any atom is -0.497 e. The molecule has 100 valence electrons. The van der Waals surface area contributed by atoms with Crippen LogP contribution in [0.5, 0.6) is 5.75 Å². The normalized spacial score (nSPS) is 10.3. The summed E-state index contributed by atoms with van der Waals surface area (Å²) in [5.41, 5.74) is 4.90. The quantitative estimate of drug-likeness (QED) is 0.883. The molecule has 0 radical (unpaired) electrons. The maximum atomic E-state index is 5.24. The zero-order chi connectivity index (χ0) is 13.8. The maximum Gasteiger partial charge on any atom is 0.119 e. The molecular formula is C16H18BrNO. The molecule has 0 aliphatic rings. The van der Waals surface area contributed by atoms with E-state index in [1.807, 2.05) is 12.1 Å². The van der Waals surface area contributed by atoms with Crippen molar-refractivity contribution in [3.8, 4) is 5.75 Å². The molecule has 1 N–H and O–H groups in total. The van der Waals surface area contributed by atoms with Crippen molar-refractivity contribution in [2.24, 2.45) is 0 Å². The Balaban J connectivity index is 2.14. The molecule has 2 nitrogen and oxygen atoms in total. The van der Waals surface area contributed by atoms with Gasteiger partial charge >= 0.3 is 0 Å². The van der Waals surface area contributed by atoms with Crippen LogP contribution in [0.4, 0.5) is 5.69 Å². The Morgan fingerprint density at radius 1 is 1.11 bits per heavy atom. The molecule has 0 saturated heterocycles. The fraction of sp³-hybridized carbons (Fsp3) is 0.250. The van der Waals surface area contributed by atoms with Gasteiger partial charge in [0.1, 0.15) is 5.75 Å². The van der Waals surface area contributed by atoms with E-state index in [4.69, 9.17) is 4.74 Å². The highest BCUT2D eigenvalue weighted by Crippen LogP contribution is 2.25. The van der Waals surface area contributed by atoms with Gasteiger partial charge in [0.25, 0.3) is 0 Å². The van der Waals surface area contributed by atoms with Crippen molar-refractivity contribution < 1.29 is 4.74 Å². The summed E-state index contributed by atoms with van der Waals surface area (Å²) in [7, 11) is 1.69. The molecule has 19 heavy (non-hydrogen) atoms. The molecule has 0 heterocycles. The Kier molecular flexibility index (Phi) is 4.48. The fourth-order valence-electron chi connectivity index (χ4n) is 2.16. The third kappa shape index (κ3) is 3.51. The van der Waals surface area contributed by atoms with Gasteiger partial charge in [-0.15, -0.1) is 0 Å². The van der Waals surface area contributed by atoms with E-state index in [1.165, 1.54) is 22.4 Å². The highest BCUT2D eigenvalue weighted by molar-refractivity contribution is 9.10. The number of halogens is 1. The lowest BCUT2D eigenvalue weighted by Gasteiger charge is -2.14. The largest absolute Gasteiger partial charge is 0.497 e. The van der Waals surface area contributed by atoms with E-state index in [2.05, 4.69) is 59.4 Å². The van der Waals surface area contributed by atoms with Crippen molar-refractivity contribution in [1.82, 2.24) is 0 Å². The van der Waals surface area contributed by atoms with Crippen molar-refractivity contribution in [2.75, 3.05) is 12.4 Å². The molecule has 2 aromatic carbocycles.